The Labute approximate surface area is 75.7 Å². The van der Waals surface area contributed by atoms with Crippen molar-refractivity contribution in [2.24, 2.45) is 11.5 Å². The normalized spacial score (nSPS) is 11.4. The first-order valence-electron chi connectivity index (χ1n) is 2.83. The van der Waals surface area contributed by atoms with Crippen molar-refractivity contribution in [2.75, 3.05) is 0 Å². The second kappa shape index (κ2) is 4.37. The van der Waals surface area contributed by atoms with E-state index in [-0.39, 0.29) is 36.1 Å². The molecular weight excluding hydrogens is 121 g/mol. The third-order valence-corrected chi connectivity index (χ3v) is 1.66. The van der Waals surface area contributed by atoms with Crippen LogP contribution in [0.25, 0.3) is 6.15 Å². The summed E-state index contributed by atoms with van der Waals surface area (Å²) in [6, 6.07) is 0. The maximum absolute atomic E-state index is 5.69. The van der Waals surface area contributed by atoms with Crippen molar-refractivity contribution in [2.45, 2.75) is 38.8 Å². The van der Waals surface area contributed by atoms with E-state index in [0.29, 0.717) is 0 Å². The molecule has 0 saturated heterocycles. The molecule has 0 aliphatic rings. The first-order chi connectivity index (χ1) is 3.25. The summed E-state index contributed by atoms with van der Waals surface area (Å²) in [5.74, 6) is 0. The van der Waals surface area contributed by atoms with Gasteiger partial charge in [-0.15, -0.1) is 0 Å². The SMILES string of the molecule is CC(C)(N)C(C)(C)N.[Li+].[NH2-]. The average molecular weight is 139 g/mol. The van der Waals surface area contributed by atoms with Gasteiger partial charge in [0.25, 0.3) is 0 Å². The summed E-state index contributed by atoms with van der Waals surface area (Å²) in [7, 11) is 0. The molecule has 0 rings (SSSR count). The monoisotopic (exact) mass is 139 g/mol. The molecule has 58 valence electrons. The summed E-state index contributed by atoms with van der Waals surface area (Å²) in [6.45, 7) is 7.69. The Morgan fingerprint density at radius 2 is 0.900 bits per heavy atom. The number of nitrogens with two attached hydrogens (primary N) is 3. The summed E-state index contributed by atoms with van der Waals surface area (Å²) in [5, 5.41) is 0. The average Bonchev–Trinajstić information content (AvgIpc) is 1.25. The Morgan fingerprint density at radius 1 is 0.800 bits per heavy atom. The van der Waals surface area contributed by atoms with E-state index < -0.39 is 0 Å². The first-order valence-corrected chi connectivity index (χ1v) is 2.83. The topological polar surface area (TPSA) is 85.5 Å². The molecule has 0 aliphatic carbocycles. The van der Waals surface area contributed by atoms with Crippen molar-refractivity contribution >= 4 is 0 Å². The molecule has 6 N–H and O–H groups in total. The summed E-state index contributed by atoms with van der Waals surface area (Å²) in [5.41, 5.74) is 10.8. The van der Waals surface area contributed by atoms with Crippen LogP contribution in [0.2, 0.25) is 0 Å². The molecular formula is C6H18LiN3. The summed E-state index contributed by atoms with van der Waals surface area (Å²) >= 11 is 0. The van der Waals surface area contributed by atoms with E-state index in [1.54, 1.807) is 0 Å². The van der Waals surface area contributed by atoms with Gasteiger partial charge in [0, 0.05) is 11.1 Å². The molecule has 4 heteroatoms. The van der Waals surface area contributed by atoms with Gasteiger partial charge in [0.2, 0.25) is 0 Å². The van der Waals surface area contributed by atoms with Crippen LogP contribution < -0.4 is 30.3 Å². The molecule has 0 radical (unpaired) electrons. The van der Waals surface area contributed by atoms with E-state index in [2.05, 4.69) is 0 Å². The van der Waals surface area contributed by atoms with Gasteiger partial charge in [0.1, 0.15) is 0 Å². The van der Waals surface area contributed by atoms with Crippen molar-refractivity contribution in [1.82, 2.24) is 0 Å². The van der Waals surface area contributed by atoms with Crippen molar-refractivity contribution in [3.05, 3.63) is 6.15 Å². The van der Waals surface area contributed by atoms with E-state index in [0.717, 1.165) is 0 Å². The maximum Gasteiger partial charge on any atom is 1.00 e. The maximum atomic E-state index is 5.69. The Hall–Kier alpha value is 0.477. The molecule has 0 saturated carbocycles. The molecule has 0 bridgehead atoms. The molecule has 0 spiro atoms. The molecule has 0 fully saturated rings. The van der Waals surface area contributed by atoms with Crippen LogP contribution in [-0.2, 0) is 0 Å². The molecule has 3 nitrogen and oxygen atoms in total. The fourth-order valence-corrected chi connectivity index (χ4v) is 0. The van der Waals surface area contributed by atoms with Gasteiger partial charge >= 0.3 is 18.9 Å². The number of rotatable bonds is 1. The van der Waals surface area contributed by atoms with Gasteiger partial charge in [-0.2, -0.15) is 0 Å². The zero-order chi connectivity index (χ0) is 7.00. The Balaban J connectivity index is -0.000000245. The van der Waals surface area contributed by atoms with Crippen molar-refractivity contribution < 1.29 is 18.9 Å². The minimum Gasteiger partial charge on any atom is -0.693 e. The van der Waals surface area contributed by atoms with E-state index in [1.807, 2.05) is 27.7 Å². The molecule has 0 aromatic heterocycles. The van der Waals surface area contributed by atoms with E-state index in [1.165, 1.54) is 0 Å². The molecule has 0 aliphatic heterocycles. The molecule has 0 amide bonds. The van der Waals surface area contributed by atoms with Crippen LogP contribution in [-0.4, -0.2) is 11.1 Å². The first kappa shape index (κ1) is 16.8. The minimum absolute atomic E-state index is 0. The Kier molecular flexibility index (Phi) is 7.36. The van der Waals surface area contributed by atoms with Crippen molar-refractivity contribution in [3.63, 3.8) is 0 Å². The molecule has 0 unspecified atom stereocenters. The molecule has 0 aromatic rings. The fourth-order valence-electron chi connectivity index (χ4n) is 0. The predicted octanol–water partition coefficient (Wildman–Crippen LogP) is -1.82. The van der Waals surface area contributed by atoms with Gasteiger partial charge in [-0.05, 0) is 27.7 Å². The molecule has 0 aromatic carbocycles. The summed E-state index contributed by atoms with van der Waals surface area (Å²) < 4.78 is 0. The van der Waals surface area contributed by atoms with Crippen LogP contribution in [0.5, 0.6) is 0 Å². The van der Waals surface area contributed by atoms with E-state index in [9.17, 15) is 0 Å². The van der Waals surface area contributed by atoms with E-state index >= 15 is 0 Å². The van der Waals surface area contributed by atoms with Gasteiger partial charge < -0.3 is 17.6 Å². The standard InChI is InChI=1S/C6H16N2.Li.H2N/c1-5(2,7)6(3,4)8;;/h7-8H2,1-4H3;;1H2/q;+1;-1. The Morgan fingerprint density at radius 3 is 0.900 bits per heavy atom. The zero-order valence-electron chi connectivity index (χ0n) is 7.73. The van der Waals surface area contributed by atoms with Crippen LogP contribution in [0, 0.1) is 0 Å². The second-order valence-corrected chi connectivity index (χ2v) is 3.44. The van der Waals surface area contributed by atoms with Crippen LogP contribution >= 0.6 is 0 Å². The van der Waals surface area contributed by atoms with Crippen LogP contribution in [0.3, 0.4) is 0 Å². The minimum atomic E-state index is -0.285. The molecule has 0 atom stereocenters. The van der Waals surface area contributed by atoms with Crippen LogP contribution in [0.4, 0.5) is 0 Å². The van der Waals surface area contributed by atoms with Gasteiger partial charge in [-0.1, -0.05) is 0 Å². The molecule has 10 heavy (non-hydrogen) atoms. The van der Waals surface area contributed by atoms with Gasteiger partial charge in [0.15, 0.2) is 0 Å². The fraction of sp³-hybridized carbons (Fsp3) is 1.00. The van der Waals surface area contributed by atoms with Crippen LogP contribution in [0.1, 0.15) is 27.7 Å². The van der Waals surface area contributed by atoms with Crippen LogP contribution in [0.15, 0.2) is 0 Å². The molecule has 0 heterocycles. The van der Waals surface area contributed by atoms with E-state index in [4.69, 9.17) is 11.5 Å². The van der Waals surface area contributed by atoms with Gasteiger partial charge in [-0.25, -0.2) is 0 Å². The summed E-state index contributed by atoms with van der Waals surface area (Å²) in [4.78, 5) is 0. The largest absolute Gasteiger partial charge is 1.00 e. The van der Waals surface area contributed by atoms with Gasteiger partial charge in [-0.3, -0.25) is 0 Å². The number of hydrogen-bond acceptors (Lipinski definition) is 2. The zero-order valence-corrected chi connectivity index (χ0v) is 7.73. The van der Waals surface area contributed by atoms with Crippen molar-refractivity contribution in [1.29, 1.82) is 0 Å². The quantitative estimate of drug-likeness (QED) is 0.419. The Bertz CT molecular complexity index is 68.0. The third kappa shape index (κ3) is 5.28. The van der Waals surface area contributed by atoms with Gasteiger partial charge in [0.05, 0.1) is 0 Å². The predicted molar refractivity (Wildman–Crippen MR) is 41.8 cm³/mol. The second-order valence-electron chi connectivity index (χ2n) is 3.44. The smallest absolute Gasteiger partial charge is 0.693 e. The summed E-state index contributed by atoms with van der Waals surface area (Å²) in [6.07, 6.45) is 0. The third-order valence-electron chi connectivity index (χ3n) is 1.66. The number of hydrogen-bond donors (Lipinski definition) is 2. The van der Waals surface area contributed by atoms with Crippen molar-refractivity contribution in [3.8, 4) is 0 Å².